The van der Waals surface area contributed by atoms with Crippen molar-refractivity contribution in [1.82, 2.24) is 25.3 Å². The zero-order chi connectivity index (χ0) is 16.6. The highest BCUT2D eigenvalue weighted by Gasteiger charge is 2.15. The van der Waals surface area contributed by atoms with Crippen molar-refractivity contribution < 1.29 is 4.79 Å². The van der Waals surface area contributed by atoms with Gasteiger partial charge in [0.15, 0.2) is 5.69 Å². The van der Waals surface area contributed by atoms with Gasteiger partial charge in [-0.05, 0) is 36.5 Å². The molecule has 1 aliphatic rings. The van der Waals surface area contributed by atoms with Crippen molar-refractivity contribution in [2.75, 3.05) is 6.54 Å². The quantitative estimate of drug-likeness (QED) is 0.848. The third kappa shape index (κ3) is 4.88. The van der Waals surface area contributed by atoms with Crippen molar-refractivity contribution in [1.29, 1.82) is 0 Å². The number of rotatable bonds is 7. The monoisotopic (exact) mass is 327 g/mol. The van der Waals surface area contributed by atoms with Crippen molar-refractivity contribution in [2.45, 2.75) is 51.5 Å². The van der Waals surface area contributed by atoms with Gasteiger partial charge in [-0.1, -0.05) is 37.3 Å². The third-order valence-corrected chi connectivity index (χ3v) is 4.71. The Bertz CT molecular complexity index is 634. The molecule has 0 aromatic carbocycles. The Balaban J connectivity index is 1.41. The number of aryl methyl sites for hydroxylation is 1. The molecule has 1 fully saturated rings. The fraction of sp³-hybridized carbons (Fsp3) is 0.556. The lowest BCUT2D eigenvalue weighted by atomic mass is 9.87. The fourth-order valence-corrected chi connectivity index (χ4v) is 3.26. The van der Waals surface area contributed by atoms with E-state index >= 15 is 0 Å². The number of hydrogen-bond donors (Lipinski definition) is 1. The van der Waals surface area contributed by atoms with Crippen LogP contribution < -0.4 is 5.32 Å². The van der Waals surface area contributed by atoms with E-state index in [2.05, 4.69) is 20.6 Å². The van der Waals surface area contributed by atoms with Crippen molar-refractivity contribution in [2.24, 2.45) is 5.92 Å². The smallest absolute Gasteiger partial charge is 0.273 e. The normalized spacial score (nSPS) is 15.3. The maximum atomic E-state index is 12.1. The van der Waals surface area contributed by atoms with Gasteiger partial charge in [0, 0.05) is 25.5 Å². The lowest BCUT2D eigenvalue weighted by Gasteiger charge is -2.20. The first-order valence-corrected chi connectivity index (χ1v) is 8.88. The highest BCUT2D eigenvalue weighted by atomic mass is 16.2. The molecule has 2 aromatic rings. The first kappa shape index (κ1) is 16.6. The SMILES string of the molecule is O=C(NCCc1ccncc1)c1cn(CCC2CCCCC2)nn1. The molecule has 2 heterocycles. The van der Waals surface area contributed by atoms with E-state index < -0.39 is 0 Å². The molecule has 24 heavy (non-hydrogen) atoms. The summed E-state index contributed by atoms with van der Waals surface area (Å²) in [6.45, 7) is 1.43. The van der Waals surface area contributed by atoms with Crippen LogP contribution in [0, 0.1) is 5.92 Å². The van der Waals surface area contributed by atoms with E-state index in [1.807, 2.05) is 12.1 Å². The summed E-state index contributed by atoms with van der Waals surface area (Å²) in [5.74, 6) is 0.647. The second kappa shape index (κ2) is 8.57. The van der Waals surface area contributed by atoms with E-state index in [9.17, 15) is 4.79 Å². The largest absolute Gasteiger partial charge is 0.350 e. The zero-order valence-electron chi connectivity index (χ0n) is 14.0. The number of hydrogen-bond acceptors (Lipinski definition) is 4. The number of aromatic nitrogens is 4. The second-order valence-corrected chi connectivity index (χ2v) is 6.52. The molecule has 0 unspecified atom stereocenters. The van der Waals surface area contributed by atoms with Gasteiger partial charge in [-0.2, -0.15) is 0 Å². The number of nitrogens with zero attached hydrogens (tertiary/aromatic N) is 4. The van der Waals surface area contributed by atoms with Crippen LogP contribution in [0.2, 0.25) is 0 Å². The summed E-state index contributed by atoms with van der Waals surface area (Å²) in [7, 11) is 0. The molecule has 0 atom stereocenters. The molecule has 2 aromatic heterocycles. The number of amides is 1. The average Bonchev–Trinajstić information content (AvgIpc) is 3.11. The standard InChI is InChI=1S/C18H25N5O/c24-18(20-12-8-16-6-10-19-11-7-16)17-14-23(22-21-17)13-9-15-4-2-1-3-5-15/h6-7,10-11,14-15H,1-5,8-9,12-13H2,(H,20,24). The van der Waals surface area contributed by atoms with Gasteiger partial charge in [-0.25, -0.2) is 0 Å². The summed E-state index contributed by atoms with van der Waals surface area (Å²) in [4.78, 5) is 16.1. The topological polar surface area (TPSA) is 72.7 Å². The third-order valence-electron chi connectivity index (χ3n) is 4.71. The molecule has 1 N–H and O–H groups in total. The van der Waals surface area contributed by atoms with Crippen LogP contribution in [0.4, 0.5) is 0 Å². The highest BCUT2D eigenvalue weighted by Crippen LogP contribution is 2.26. The summed E-state index contributed by atoms with van der Waals surface area (Å²) in [6.07, 6.45) is 13.9. The van der Waals surface area contributed by atoms with E-state index in [1.54, 1.807) is 23.3 Å². The minimum absolute atomic E-state index is 0.159. The van der Waals surface area contributed by atoms with Gasteiger partial charge in [0.25, 0.3) is 5.91 Å². The minimum atomic E-state index is -0.159. The Hall–Kier alpha value is -2.24. The summed E-state index contributed by atoms with van der Waals surface area (Å²) in [5, 5.41) is 11.0. The zero-order valence-corrected chi connectivity index (χ0v) is 14.0. The Morgan fingerprint density at radius 2 is 2.00 bits per heavy atom. The molecule has 1 saturated carbocycles. The van der Waals surface area contributed by atoms with Crippen LogP contribution in [0.5, 0.6) is 0 Å². The Morgan fingerprint density at radius 1 is 1.21 bits per heavy atom. The number of carbonyl (C=O) groups excluding carboxylic acids is 1. The average molecular weight is 327 g/mol. The second-order valence-electron chi connectivity index (χ2n) is 6.52. The van der Waals surface area contributed by atoms with Gasteiger partial charge in [0.05, 0.1) is 6.20 Å². The molecule has 3 rings (SSSR count). The van der Waals surface area contributed by atoms with Crippen molar-refractivity contribution in [3.05, 3.63) is 42.0 Å². The number of carbonyl (C=O) groups is 1. The van der Waals surface area contributed by atoms with Gasteiger partial charge >= 0.3 is 0 Å². The molecule has 0 bridgehead atoms. The van der Waals surface area contributed by atoms with E-state index in [-0.39, 0.29) is 5.91 Å². The van der Waals surface area contributed by atoms with Crippen LogP contribution in [0.3, 0.4) is 0 Å². The van der Waals surface area contributed by atoms with Crippen LogP contribution >= 0.6 is 0 Å². The maximum absolute atomic E-state index is 12.1. The van der Waals surface area contributed by atoms with E-state index in [4.69, 9.17) is 0 Å². The predicted molar refractivity (Wildman–Crippen MR) is 91.5 cm³/mol. The molecule has 0 saturated heterocycles. The summed E-state index contributed by atoms with van der Waals surface area (Å²) in [5.41, 5.74) is 1.55. The minimum Gasteiger partial charge on any atom is -0.350 e. The maximum Gasteiger partial charge on any atom is 0.273 e. The van der Waals surface area contributed by atoms with Gasteiger partial charge < -0.3 is 5.32 Å². The Kier molecular flexibility index (Phi) is 5.93. The van der Waals surface area contributed by atoms with Crippen molar-refractivity contribution >= 4 is 5.91 Å². The predicted octanol–water partition coefficient (Wildman–Crippen LogP) is 2.62. The summed E-state index contributed by atoms with van der Waals surface area (Å²) < 4.78 is 1.80. The molecule has 6 heteroatoms. The lowest BCUT2D eigenvalue weighted by Crippen LogP contribution is -2.26. The summed E-state index contributed by atoms with van der Waals surface area (Å²) >= 11 is 0. The molecule has 0 spiro atoms. The van der Waals surface area contributed by atoms with Gasteiger partial charge in [0.1, 0.15) is 0 Å². The van der Waals surface area contributed by atoms with Crippen LogP contribution in [0.25, 0.3) is 0 Å². The Morgan fingerprint density at radius 3 is 2.79 bits per heavy atom. The molecular formula is C18H25N5O. The van der Waals surface area contributed by atoms with E-state index in [0.717, 1.165) is 30.9 Å². The summed E-state index contributed by atoms with van der Waals surface area (Å²) in [6, 6.07) is 3.90. The Labute approximate surface area is 142 Å². The van der Waals surface area contributed by atoms with E-state index in [1.165, 1.54) is 32.1 Å². The van der Waals surface area contributed by atoms with Crippen LogP contribution in [0.1, 0.15) is 54.6 Å². The van der Waals surface area contributed by atoms with Crippen LogP contribution in [-0.4, -0.2) is 32.4 Å². The molecule has 1 aliphatic carbocycles. The molecule has 6 nitrogen and oxygen atoms in total. The van der Waals surface area contributed by atoms with Crippen molar-refractivity contribution in [3.63, 3.8) is 0 Å². The van der Waals surface area contributed by atoms with Crippen LogP contribution in [-0.2, 0) is 13.0 Å². The molecule has 1 amide bonds. The molecular weight excluding hydrogens is 302 g/mol. The fourth-order valence-electron chi connectivity index (χ4n) is 3.26. The van der Waals surface area contributed by atoms with Gasteiger partial charge in [-0.3, -0.25) is 14.5 Å². The van der Waals surface area contributed by atoms with E-state index in [0.29, 0.717) is 12.2 Å². The first-order valence-electron chi connectivity index (χ1n) is 8.88. The van der Waals surface area contributed by atoms with Gasteiger partial charge in [-0.15, -0.1) is 5.10 Å². The van der Waals surface area contributed by atoms with Crippen molar-refractivity contribution in [3.8, 4) is 0 Å². The van der Waals surface area contributed by atoms with Gasteiger partial charge in [0.2, 0.25) is 0 Å². The molecule has 0 aliphatic heterocycles. The molecule has 0 radical (unpaired) electrons. The van der Waals surface area contributed by atoms with Crippen LogP contribution in [0.15, 0.2) is 30.7 Å². The highest BCUT2D eigenvalue weighted by molar-refractivity contribution is 5.91. The lowest BCUT2D eigenvalue weighted by molar-refractivity contribution is 0.0949. The number of pyridine rings is 1. The molecule has 128 valence electrons. The first-order chi connectivity index (χ1) is 11.8. The number of nitrogens with one attached hydrogen (secondary N) is 1.